The predicted molar refractivity (Wildman–Crippen MR) is 81.4 cm³/mol. The Morgan fingerprint density at radius 2 is 1.94 bits per heavy atom. The van der Waals surface area contributed by atoms with Gasteiger partial charge in [-0.05, 0) is 23.9 Å². The van der Waals surface area contributed by atoms with E-state index in [4.69, 9.17) is 23.2 Å². The van der Waals surface area contributed by atoms with Crippen molar-refractivity contribution < 1.29 is 0 Å². The number of fused-ring (bicyclic) bond motifs is 1. The molecular formula is C11H9BrCl2N2S. The van der Waals surface area contributed by atoms with Gasteiger partial charge in [-0.25, -0.2) is 0 Å². The van der Waals surface area contributed by atoms with Crippen LogP contribution in [0.2, 0.25) is 10.0 Å². The quantitative estimate of drug-likeness (QED) is 0.750. The minimum atomic E-state index is 0. The highest BCUT2D eigenvalue weighted by Gasteiger charge is 2.27. The number of hydrogen-bond acceptors (Lipinski definition) is 3. The van der Waals surface area contributed by atoms with E-state index in [0.29, 0.717) is 10.0 Å². The third-order valence-corrected chi connectivity index (χ3v) is 4.22. The molecule has 0 fully saturated rings. The minimum Gasteiger partial charge on any atom is -0.325 e. The first-order valence-electron chi connectivity index (χ1n) is 4.91. The summed E-state index contributed by atoms with van der Waals surface area (Å²) in [6.45, 7) is 1.83. The van der Waals surface area contributed by atoms with E-state index in [2.05, 4.69) is 16.1 Å². The zero-order valence-electron chi connectivity index (χ0n) is 8.69. The van der Waals surface area contributed by atoms with Crippen molar-refractivity contribution >= 4 is 62.0 Å². The minimum absolute atomic E-state index is 0. The van der Waals surface area contributed by atoms with Crippen LogP contribution in [0, 0.1) is 0 Å². The summed E-state index contributed by atoms with van der Waals surface area (Å²) in [6, 6.07) is 5.57. The largest absolute Gasteiger partial charge is 0.325 e. The highest BCUT2D eigenvalue weighted by molar-refractivity contribution is 8.93. The number of amidine groups is 1. The molecule has 0 aromatic heterocycles. The van der Waals surface area contributed by atoms with Gasteiger partial charge in [0.1, 0.15) is 0 Å². The number of aliphatic imine (C=N–C) groups is 1. The average molecular weight is 352 g/mol. The summed E-state index contributed by atoms with van der Waals surface area (Å²) in [6.07, 6.45) is 2.07. The summed E-state index contributed by atoms with van der Waals surface area (Å²) >= 11 is 14.0. The molecule has 0 saturated carbocycles. The van der Waals surface area contributed by atoms with Crippen molar-refractivity contribution in [3.05, 3.63) is 40.0 Å². The molecule has 2 nitrogen and oxygen atoms in total. The number of halogens is 3. The normalized spacial score (nSPS) is 17.4. The Bertz CT molecular complexity index is 496. The molecule has 0 aliphatic carbocycles. The lowest BCUT2D eigenvalue weighted by molar-refractivity contribution is 0.626. The lowest BCUT2D eigenvalue weighted by Gasteiger charge is -2.05. The van der Waals surface area contributed by atoms with Gasteiger partial charge in [0.2, 0.25) is 0 Å². The molecular weight excluding hydrogens is 343 g/mol. The predicted octanol–water partition coefficient (Wildman–Crippen LogP) is 4.29. The van der Waals surface area contributed by atoms with E-state index in [0.717, 1.165) is 28.7 Å². The van der Waals surface area contributed by atoms with E-state index in [-0.39, 0.29) is 17.0 Å². The molecule has 1 aromatic carbocycles. The molecule has 90 valence electrons. The van der Waals surface area contributed by atoms with E-state index in [1.165, 1.54) is 0 Å². The number of benzene rings is 1. The molecule has 0 spiro atoms. The number of rotatable bonds is 1. The Balaban J connectivity index is 0.00000108. The van der Waals surface area contributed by atoms with Crippen LogP contribution in [0.4, 0.5) is 0 Å². The topological polar surface area (TPSA) is 15.6 Å². The van der Waals surface area contributed by atoms with Crippen LogP contribution in [-0.2, 0) is 0 Å². The highest BCUT2D eigenvalue weighted by Crippen LogP contribution is 2.43. The van der Waals surface area contributed by atoms with Crippen LogP contribution in [-0.4, -0.2) is 23.2 Å². The maximum absolute atomic E-state index is 6.17. The Kier molecular flexibility index (Phi) is 4.08. The average Bonchev–Trinajstić information content (AvgIpc) is 2.77. The molecule has 0 atom stereocenters. The molecule has 2 aliphatic heterocycles. The fourth-order valence-electron chi connectivity index (χ4n) is 1.77. The molecule has 2 heterocycles. The van der Waals surface area contributed by atoms with E-state index in [9.17, 15) is 0 Å². The van der Waals surface area contributed by atoms with Gasteiger partial charge in [0.25, 0.3) is 0 Å². The molecule has 6 heteroatoms. The lowest BCUT2D eigenvalue weighted by Crippen LogP contribution is -2.14. The first kappa shape index (κ1) is 13.3. The summed E-state index contributed by atoms with van der Waals surface area (Å²) in [5.74, 6) is 0. The maximum Gasteiger partial charge on any atom is 0.168 e. The zero-order valence-corrected chi connectivity index (χ0v) is 12.7. The summed E-state index contributed by atoms with van der Waals surface area (Å²) in [5, 5.41) is 2.42. The van der Waals surface area contributed by atoms with Gasteiger partial charge in [0, 0.05) is 23.2 Å². The van der Waals surface area contributed by atoms with Crippen molar-refractivity contribution in [2.75, 3.05) is 13.1 Å². The van der Waals surface area contributed by atoms with Gasteiger partial charge < -0.3 is 4.90 Å². The van der Waals surface area contributed by atoms with Gasteiger partial charge in [-0.3, -0.25) is 4.99 Å². The molecule has 0 saturated heterocycles. The third kappa shape index (κ3) is 2.36. The zero-order chi connectivity index (χ0) is 11.1. The fraction of sp³-hybridized carbons (Fsp3) is 0.182. The smallest absolute Gasteiger partial charge is 0.168 e. The standard InChI is InChI=1S/C11H8Cl2N2S.BrH/c12-7-2-1-3-8(13)10(7)9-6-15-5-4-14-11(15)16-9;/h1-3,6H,4-5H2;1H. The number of hydrogen-bond donors (Lipinski definition) is 0. The molecule has 0 N–H and O–H groups in total. The van der Waals surface area contributed by atoms with Gasteiger partial charge >= 0.3 is 0 Å². The molecule has 0 radical (unpaired) electrons. The first-order valence-corrected chi connectivity index (χ1v) is 6.48. The molecule has 0 amide bonds. The van der Waals surface area contributed by atoms with Crippen molar-refractivity contribution in [2.24, 2.45) is 4.99 Å². The molecule has 17 heavy (non-hydrogen) atoms. The number of nitrogens with zero attached hydrogens (tertiary/aromatic N) is 2. The molecule has 1 aromatic rings. The second kappa shape index (κ2) is 5.22. The molecule has 3 rings (SSSR count). The van der Waals surface area contributed by atoms with E-state index >= 15 is 0 Å². The number of thioether (sulfide) groups is 1. The van der Waals surface area contributed by atoms with Crippen molar-refractivity contribution in [3.8, 4) is 0 Å². The van der Waals surface area contributed by atoms with Crippen LogP contribution in [0.3, 0.4) is 0 Å². The summed E-state index contributed by atoms with van der Waals surface area (Å²) < 4.78 is 0. The summed E-state index contributed by atoms with van der Waals surface area (Å²) in [4.78, 5) is 7.62. The Morgan fingerprint density at radius 3 is 2.59 bits per heavy atom. The Hall–Kier alpha value is -0.160. The summed E-state index contributed by atoms with van der Waals surface area (Å²) in [7, 11) is 0. The first-order chi connectivity index (χ1) is 7.75. The van der Waals surface area contributed by atoms with Crippen molar-refractivity contribution in [3.63, 3.8) is 0 Å². The lowest BCUT2D eigenvalue weighted by atomic mass is 10.2. The van der Waals surface area contributed by atoms with E-state index in [1.807, 2.05) is 18.2 Å². The van der Waals surface area contributed by atoms with Crippen molar-refractivity contribution in [2.45, 2.75) is 0 Å². The molecule has 2 aliphatic rings. The highest BCUT2D eigenvalue weighted by atomic mass is 79.9. The Labute approximate surface area is 124 Å². The van der Waals surface area contributed by atoms with Gasteiger partial charge in [-0.15, -0.1) is 17.0 Å². The maximum atomic E-state index is 6.17. The fourth-order valence-corrected chi connectivity index (χ4v) is 3.59. The van der Waals surface area contributed by atoms with Crippen LogP contribution in [0.1, 0.15) is 5.56 Å². The van der Waals surface area contributed by atoms with E-state index < -0.39 is 0 Å². The summed E-state index contributed by atoms with van der Waals surface area (Å²) in [5.41, 5.74) is 0.910. The van der Waals surface area contributed by atoms with Crippen molar-refractivity contribution in [1.29, 1.82) is 0 Å². The molecule has 0 bridgehead atoms. The van der Waals surface area contributed by atoms with Crippen molar-refractivity contribution in [1.82, 2.24) is 4.90 Å². The van der Waals surface area contributed by atoms with Gasteiger partial charge in [-0.1, -0.05) is 29.3 Å². The second-order valence-electron chi connectivity index (χ2n) is 3.55. The third-order valence-electron chi connectivity index (χ3n) is 2.52. The van der Waals surface area contributed by atoms with Crippen LogP contribution < -0.4 is 0 Å². The van der Waals surface area contributed by atoms with Crippen LogP contribution in [0.25, 0.3) is 4.91 Å². The van der Waals surface area contributed by atoms with Crippen LogP contribution in [0.15, 0.2) is 29.4 Å². The van der Waals surface area contributed by atoms with Crippen LogP contribution in [0.5, 0.6) is 0 Å². The van der Waals surface area contributed by atoms with Gasteiger partial charge in [0.05, 0.1) is 16.6 Å². The molecule has 0 unspecified atom stereocenters. The monoisotopic (exact) mass is 350 g/mol. The van der Waals surface area contributed by atoms with Gasteiger partial charge in [0.15, 0.2) is 5.17 Å². The second-order valence-corrected chi connectivity index (χ2v) is 5.37. The van der Waals surface area contributed by atoms with Crippen LogP contribution >= 0.6 is 51.9 Å². The van der Waals surface area contributed by atoms with E-state index in [1.54, 1.807) is 11.8 Å². The Morgan fingerprint density at radius 1 is 1.24 bits per heavy atom. The van der Waals surface area contributed by atoms with Gasteiger partial charge in [-0.2, -0.15) is 0 Å². The SMILES string of the molecule is Br.Clc1cccc(Cl)c1C1=CN2CCN=C2S1.